The van der Waals surface area contributed by atoms with Crippen molar-refractivity contribution in [3.63, 3.8) is 0 Å². The van der Waals surface area contributed by atoms with Gasteiger partial charge in [-0.15, -0.1) is 0 Å². The maximum Gasteiger partial charge on any atom is 0.128 e. The standard InChI is InChI=1S/C16H28N4/c1-13(2)17-12-15-6-7-16(18-14(15)3)20-9-5-8-19(4)10-11-20/h6-7,13,17H,5,8-12H2,1-4H3. The summed E-state index contributed by atoms with van der Waals surface area (Å²) >= 11 is 0. The van der Waals surface area contributed by atoms with Crippen molar-refractivity contribution in [1.82, 2.24) is 15.2 Å². The van der Waals surface area contributed by atoms with Gasteiger partial charge in [0, 0.05) is 37.9 Å². The minimum atomic E-state index is 0.509. The average molecular weight is 276 g/mol. The number of rotatable bonds is 4. The minimum absolute atomic E-state index is 0.509. The van der Waals surface area contributed by atoms with Crippen LogP contribution < -0.4 is 10.2 Å². The Morgan fingerprint density at radius 2 is 2.00 bits per heavy atom. The van der Waals surface area contributed by atoms with E-state index in [-0.39, 0.29) is 0 Å². The smallest absolute Gasteiger partial charge is 0.128 e. The second kappa shape index (κ2) is 7.04. The molecule has 1 aromatic heterocycles. The Kier molecular flexibility index (Phi) is 5.38. The van der Waals surface area contributed by atoms with Crippen LogP contribution in [-0.4, -0.2) is 49.2 Å². The highest BCUT2D eigenvalue weighted by atomic mass is 15.2. The molecule has 0 spiro atoms. The molecule has 0 radical (unpaired) electrons. The molecule has 0 aliphatic carbocycles. The van der Waals surface area contributed by atoms with Gasteiger partial charge in [-0.25, -0.2) is 4.98 Å². The Hall–Kier alpha value is -1.13. The Balaban J connectivity index is 2.04. The van der Waals surface area contributed by atoms with Crippen molar-refractivity contribution in [2.75, 3.05) is 38.1 Å². The van der Waals surface area contributed by atoms with Crippen LogP contribution in [0.2, 0.25) is 0 Å². The largest absolute Gasteiger partial charge is 0.355 e. The Labute approximate surface area is 123 Å². The van der Waals surface area contributed by atoms with Gasteiger partial charge in [0.25, 0.3) is 0 Å². The van der Waals surface area contributed by atoms with Gasteiger partial charge < -0.3 is 15.1 Å². The second-order valence-corrected chi connectivity index (χ2v) is 6.09. The molecule has 2 heterocycles. The number of likely N-dealkylation sites (N-methyl/N-ethyl adjacent to an activating group) is 1. The summed E-state index contributed by atoms with van der Waals surface area (Å²) in [5, 5.41) is 3.46. The lowest BCUT2D eigenvalue weighted by Crippen LogP contribution is -2.29. The fraction of sp³-hybridized carbons (Fsp3) is 0.688. The van der Waals surface area contributed by atoms with Crippen LogP contribution in [0.1, 0.15) is 31.5 Å². The van der Waals surface area contributed by atoms with E-state index >= 15 is 0 Å². The number of hydrogen-bond acceptors (Lipinski definition) is 4. The molecule has 0 unspecified atom stereocenters. The Bertz CT molecular complexity index is 430. The van der Waals surface area contributed by atoms with Crippen molar-refractivity contribution in [3.05, 3.63) is 23.4 Å². The van der Waals surface area contributed by atoms with Gasteiger partial charge in [0.05, 0.1) is 0 Å². The molecule has 4 heteroatoms. The van der Waals surface area contributed by atoms with Gasteiger partial charge in [-0.2, -0.15) is 0 Å². The molecule has 0 atom stereocenters. The zero-order chi connectivity index (χ0) is 14.5. The molecule has 1 aliphatic rings. The molecular formula is C16H28N4. The lowest BCUT2D eigenvalue weighted by molar-refractivity contribution is 0.360. The van der Waals surface area contributed by atoms with E-state index < -0.39 is 0 Å². The van der Waals surface area contributed by atoms with Crippen LogP contribution in [0.25, 0.3) is 0 Å². The minimum Gasteiger partial charge on any atom is -0.355 e. The van der Waals surface area contributed by atoms with Gasteiger partial charge in [0.15, 0.2) is 0 Å². The van der Waals surface area contributed by atoms with Gasteiger partial charge in [0.2, 0.25) is 0 Å². The number of aromatic nitrogens is 1. The highest BCUT2D eigenvalue weighted by Gasteiger charge is 2.14. The maximum atomic E-state index is 4.81. The van der Waals surface area contributed by atoms with Crippen LogP contribution in [0.4, 0.5) is 5.82 Å². The highest BCUT2D eigenvalue weighted by molar-refractivity contribution is 5.42. The SMILES string of the molecule is Cc1nc(N2CCCN(C)CC2)ccc1CNC(C)C. The van der Waals surface area contributed by atoms with Gasteiger partial charge in [-0.1, -0.05) is 19.9 Å². The third kappa shape index (κ3) is 4.18. The molecule has 112 valence electrons. The Morgan fingerprint density at radius 3 is 2.70 bits per heavy atom. The van der Waals surface area contributed by atoms with Crippen LogP contribution >= 0.6 is 0 Å². The first-order valence-corrected chi connectivity index (χ1v) is 7.69. The fourth-order valence-electron chi connectivity index (χ4n) is 2.53. The molecule has 0 saturated carbocycles. The van der Waals surface area contributed by atoms with Gasteiger partial charge in [0.1, 0.15) is 5.82 Å². The zero-order valence-corrected chi connectivity index (χ0v) is 13.3. The average Bonchev–Trinajstić information content (AvgIpc) is 2.62. The molecule has 1 aromatic rings. The van der Waals surface area contributed by atoms with Crippen molar-refractivity contribution >= 4 is 5.82 Å². The summed E-state index contributed by atoms with van der Waals surface area (Å²) in [6, 6.07) is 4.91. The lowest BCUT2D eigenvalue weighted by Gasteiger charge is -2.22. The molecule has 1 fully saturated rings. The van der Waals surface area contributed by atoms with Crippen molar-refractivity contribution in [1.29, 1.82) is 0 Å². The van der Waals surface area contributed by atoms with E-state index in [2.05, 4.69) is 55.1 Å². The molecule has 0 amide bonds. The van der Waals surface area contributed by atoms with Crippen LogP contribution in [0.3, 0.4) is 0 Å². The second-order valence-electron chi connectivity index (χ2n) is 6.09. The number of aryl methyl sites for hydroxylation is 1. The van der Waals surface area contributed by atoms with E-state index in [0.29, 0.717) is 6.04 Å². The monoisotopic (exact) mass is 276 g/mol. The molecule has 0 bridgehead atoms. The summed E-state index contributed by atoms with van der Waals surface area (Å²) in [6.07, 6.45) is 1.22. The van der Waals surface area contributed by atoms with E-state index in [4.69, 9.17) is 4.98 Å². The number of nitrogens with one attached hydrogen (secondary N) is 1. The van der Waals surface area contributed by atoms with Gasteiger partial charge >= 0.3 is 0 Å². The summed E-state index contributed by atoms with van der Waals surface area (Å²) < 4.78 is 0. The normalized spacial score (nSPS) is 17.6. The van der Waals surface area contributed by atoms with Gasteiger partial charge in [-0.05, 0) is 38.6 Å². The number of nitrogens with zero attached hydrogens (tertiary/aromatic N) is 3. The first-order chi connectivity index (χ1) is 9.56. The van der Waals surface area contributed by atoms with Crippen molar-refractivity contribution in [3.8, 4) is 0 Å². The molecule has 20 heavy (non-hydrogen) atoms. The third-order valence-electron chi connectivity index (χ3n) is 3.92. The predicted molar refractivity (Wildman–Crippen MR) is 85.3 cm³/mol. The quantitative estimate of drug-likeness (QED) is 0.912. The fourth-order valence-corrected chi connectivity index (χ4v) is 2.53. The highest BCUT2D eigenvalue weighted by Crippen LogP contribution is 2.16. The molecule has 0 aromatic carbocycles. The maximum absolute atomic E-state index is 4.81. The van der Waals surface area contributed by atoms with Crippen LogP contribution in [0, 0.1) is 6.92 Å². The van der Waals surface area contributed by atoms with Crippen molar-refractivity contribution in [2.45, 2.75) is 39.8 Å². The summed E-state index contributed by atoms with van der Waals surface area (Å²) in [5.41, 5.74) is 2.45. The molecular weight excluding hydrogens is 248 g/mol. The van der Waals surface area contributed by atoms with Crippen LogP contribution in [-0.2, 0) is 6.54 Å². The van der Waals surface area contributed by atoms with Gasteiger partial charge in [-0.3, -0.25) is 0 Å². The summed E-state index contributed by atoms with van der Waals surface area (Å²) in [7, 11) is 2.20. The number of hydrogen-bond donors (Lipinski definition) is 1. The van der Waals surface area contributed by atoms with E-state index in [1.54, 1.807) is 0 Å². The van der Waals surface area contributed by atoms with Crippen molar-refractivity contribution in [2.24, 2.45) is 0 Å². The zero-order valence-electron chi connectivity index (χ0n) is 13.3. The van der Waals surface area contributed by atoms with Crippen molar-refractivity contribution < 1.29 is 0 Å². The van der Waals surface area contributed by atoms with E-state index in [9.17, 15) is 0 Å². The first kappa shape index (κ1) is 15.3. The topological polar surface area (TPSA) is 31.4 Å². The van der Waals surface area contributed by atoms with E-state index in [1.807, 2.05) is 0 Å². The van der Waals surface area contributed by atoms with E-state index in [0.717, 1.165) is 37.7 Å². The first-order valence-electron chi connectivity index (χ1n) is 7.69. The molecule has 1 saturated heterocycles. The number of pyridine rings is 1. The third-order valence-corrected chi connectivity index (χ3v) is 3.92. The summed E-state index contributed by atoms with van der Waals surface area (Å²) in [6.45, 7) is 11.9. The predicted octanol–water partition coefficient (Wildman–Crippen LogP) is 2.03. The van der Waals surface area contributed by atoms with Crippen LogP contribution in [0.15, 0.2) is 12.1 Å². The summed E-state index contributed by atoms with van der Waals surface area (Å²) in [5.74, 6) is 1.13. The van der Waals surface area contributed by atoms with E-state index in [1.165, 1.54) is 18.5 Å². The number of anilines is 1. The Morgan fingerprint density at radius 1 is 1.20 bits per heavy atom. The summed E-state index contributed by atoms with van der Waals surface area (Å²) in [4.78, 5) is 9.62. The molecule has 2 rings (SSSR count). The van der Waals surface area contributed by atoms with Crippen LogP contribution in [0.5, 0.6) is 0 Å². The molecule has 4 nitrogen and oxygen atoms in total. The molecule has 1 N–H and O–H groups in total. The lowest BCUT2D eigenvalue weighted by atomic mass is 10.2. The molecule has 1 aliphatic heterocycles.